The molecule has 0 saturated carbocycles. The van der Waals surface area contributed by atoms with Crippen molar-refractivity contribution in [2.75, 3.05) is 32.2 Å². The van der Waals surface area contributed by atoms with Gasteiger partial charge in [-0.3, -0.25) is 9.59 Å². The van der Waals surface area contributed by atoms with Gasteiger partial charge in [-0.05, 0) is 48.9 Å². The van der Waals surface area contributed by atoms with Crippen LogP contribution in [0.4, 0.5) is 5.69 Å². The fourth-order valence-electron chi connectivity index (χ4n) is 3.06. The summed E-state index contributed by atoms with van der Waals surface area (Å²) < 4.78 is 10.5. The van der Waals surface area contributed by atoms with E-state index in [-0.39, 0.29) is 24.3 Å². The van der Waals surface area contributed by atoms with Crippen LogP contribution in [0.2, 0.25) is 0 Å². The molecular formula is C21H24N2O4. The van der Waals surface area contributed by atoms with Gasteiger partial charge in [0.1, 0.15) is 5.75 Å². The van der Waals surface area contributed by atoms with E-state index in [2.05, 4.69) is 5.32 Å². The highest BCUT2D eigenvalue weighted by Crippen LogP contribution is 2.17. The maximum absolute atomic E-state index is 12.6. The van der Waals surface area contributed by atoms with Crippen LogP contribution < -0.4 is 10.1 Å². The number of morpholine rings is 1. The first-order valence-corrected chi connectivity index (χ1v) is 8.98. The third-order valence-corrected chi connectivity index (χ3v) is 4.54. The van der Waals surface area contributed by atoms with E-state index in [0.717, 1.165) is 11.3 Å². The molecular weight excluding hydrogens is 344 g/mol. The quantitative estimate of drug-likeness (QED) is 0.881. The Morgan fingerprint density at radius 3 is 2.70 bits per heavy atom. The second-order valence-corrected chi connectivity index (χ2v) is 6.58. The first kappa shape index (κ1) is 18.9. The second kappa shape index (κ2) is 8.68. The second-order valence-electron chi connectivity index (χ2n) is 6.58. The van der Waals surface area contributed by atoms with E-state index in [1.165, 1.54) is 0 Å². The number of ether oxygens (including phenoxy) is 2. The number of amides is 2. The Kier molecular flexibility index (Phi) is 6.08. The number of hydrogen-bond acceptors (Lipinski definition) is 4. The molecule has 2 aromatic rings. The molecule has 1 saturated heterocycles. The van der Waals surface area contributed by atoms with Crippen molar-refractivity contribution in [3.05, 3.63) is 59.7 Å². The average molecular weight is 368 g/mol. The van der Waals surface area contributed by atoms with E-state index in [1.54, 1.807) is 31.4 Å². The lowest BCUT2D eigenvalue weighted by Crippen LogP contribution is -2.47. The molecule has 1 heterocycles. The molecule has 0 aliphatic carbocycles. The monoisotopic (exact) mass is 368 g/mol. The highest BCUT2D eigenvalue weighted by molar-refractivity contribution is 5.96. The minimum atomic E-state index is -0.121. The lowest BCUT2D eigenvalue weighted by atomic mass is 10.1. The van der Waals surface area contributed by atoms with E-state index in [1.807, 2.05) is 36.1 Å². The predicted molar refractivity (Wildman–Crippen MR) is 103 cm³/mol. The van der Waals surface area contributed by atoms with E-state index < -0.39 is 0 Å². The zero-order chi connectivity index (χ0) is 19.2. The van der Waals surface area contributed by atoms with Gasteiger partial charge in [0.2, 0.25) is 5.91 Å². The highest BCUT2D eigenvalue weighted by atomic mass is 16.5. The van der Waals surface area contributed by atoms with Gasteiger partial charge in [0.25, 0.3) is 5.91 Å². The highest BCUT2D eigenvalue weighted by Gasteiger charge is 2.24. The van der Waals surface area contributed by atoms with Crippen LogP contribution in [-0.4, -0.2) is 49.6 Å². The normalized spacial score (nSPS) is 16.7. The summed E-state index contributed by atoms with van der Waals surface area (Å²) in [5, 5.41) is 2.86. The molecule has 0 aromatic heterocycles. The van der Waals surface area contributed by atoms with E-state index in [9.17, 15) is 9.59 Å². The Balaban J connectivity index is 1.59. The van der Waals surface area contributed by atoms with Crippen LogP contribution >= 0.6 is 0 Å². The molecule has 1 fully saturated rings. The summed E-state index contributed by atoms with van der Waals surface area (Å²) in [6.07, 6.45) is 0.253. The average Bonchev–Trinajstić information content (AvgIpc) is 2.68. The first-order valence-electron chi connectivity index (χ1n) is 8.98. The third-order valence-electron chi connectivity index (χ3n) is 4.54. The minimum absolute atomic E-state index is 0.0138. The number of hydrogen-bond donors (Lipinski definition) is 1. The largest absolute Gasteiger partial charge is 0.497 e. The Hall–Kier alpha value is -2.86. The zero-order valence-corrected chi connectivity index (χ0v) is 15.6. The number of benzene rings is 2. The molecule has 0 spiro atoms. The Bertz CT molecular complexity index is 804. The number of methoxy groups -OCH3 is 1. The molecule has 0 bridgehead atoms. The van der Waals surface area contributed by atoms with Gasteiger partial charge in [0, 0.05) is 17.8 Å². The third kappa shape index (κ3) is 4.86. The van der Waals surface area contributed by atoms with Crippen LogP contribution in [0.1, 0.15) is 22.8 Å². The zero-order valence-electron chi connectivity index (χ0n) is 15.6. The fourth-order valence-corrected chi connectivity index (χ4v) is 3.06. The van der Waals surface area contributed by atoms with Crippen molar-refractivity contribution < 1.29 is 19.1 Å². The maximum Gasteiger partial charge on any atom is 0.254 e. The summed E-state index contributed by atoms with van der Waals surface area (Å²) in [7, 11) is 1.60. The molecule has 6 nitrogen and oxygen atoms in total. The molecule has 3 rings (SSSR count). The first-order chi connectivity index (χ1) is 13.1. The summed E-state index contributed by atoms with van der Waals surface area (Å²) in [6, 6.07) is 14.5. The lowest BCUT2D eigenvalue weighted by molar-refractivity contribution is -0.115. The van der Waals surface area contributed by atoms with Gasteiger partial charge >= 0.3 is 0 Å². The molecule has 0 radical (unpaired) electrons. The van der Waals surface area contributed by atoms with Crippen molar-refractivity contribution >= 4 is 17.5 Å². The fraction of sp³-hybridized carbons (Fsp3) is 0.333. The van der Waals surface area contributed by atoms with Gasteiger partial charge in [-0.1, -0.05) is 12.1 Å². The van der Waals surface area contributed by atoms with Crippen molar-refractivity contribution in [3.8, 4) is 5.75 Å². The van der Waals surface area contributed by atoms with Gasteiger partial charge in [0.05, 0.1) is 32.8 Å². The molecule has 27 heavy (non-hydrogen) atoms. The molecule has 142 valence electrons. The summed E-state index contributed by atoms with van der Waals surface area (Å²) >= 11 is 0. The summed E-state index contributed by atoms with van der Waals surface area (Å²) in [5.41, 5.74) is 2.14. The smallest absolute Gasteiger partial charge is 0.254 e. The summed E-state index contributed by atoms with van der Waals surface area (Å²) in [4.78, 5) is 26.7. The SMILES string of the molecule is COc1cccc(CC(=O)Nc2ccc(C(=O)N3CCOCC3C)cc2)c1. The van der Waals surface area contributed by atoms with E-state index in [4.69, 9.17) is 9.47 Å². The van der Waals surface area contributed by atoms with Crippen LogP contribution in [0.25, 0.3) is 0 Å². The van der Waals surface area contributed by atoms with Crippen LogP contribution in [-0.2, 0) is 16.0 Å². The molecule has 1 aliphatic heterocycles. The molecule has 2 aromatic carbocycles. The van der Waals surface area contributed by atoms with E-state index >= 15 is 0 Å². The standard InChI is InChI=1S/C21H24N2O4/c1-15-14-27-11-10-23(15)21(25)17-6-8-18(9-7-17)22-20(24)13-16-4-3-5-19(12-16)26-2/h3-9,12,15H,10-11,13-14H2,1-2H3,(H,22,24). The Morgan fingerprint density at radius 2 is 2.00 bits per heavy atom. The van der Waals surface area contributed by atoms with Crippen molar-refractivity contribution in [2.45, 2.75) is 19.4 Å². The molecule has 6 heteroatoms. The number of carbonyl (C=O) groups excluding carboxylic acids is 2. The van der Waals surface area contributed by atoms with Crippen molar-refractivity contribution in [3.63, 3.8) is 0 Å². The number of carbonyl (C=O) groups is 2. The van der Waals surface area contributed by atoms with Gasteiger partial charge < -0.3 is 19.7 Å². The molecule has 1 atom stereocenters. The van der Waals surface area contributed by atoms with Crippen LogP contribution in [0.5, 0.6) is 5.75 Å². The topological polar surface area (TPSA) is 67.9 Å². The van der Waals surface area contributed by atoms with E-state index in [0.29, 0.717) is 31.0 Å². The minimum Gasteiger partial charge on any atom is -0.497 e. The Labute approximate surface area is 159 Å². The lowest BCUT2D eigenvalue weighted by Gasteiger charge is -2.33. The van der Waals surface area contributed by atoms with Gasteiger partial charge in [0.15, 0.2) is 0 Å². The molecule has 2 amide bonds. The number of anilines is 1. The van der Waals surface area contributed by atoms with Crippen LogP contribution in [0.15, 0.2) is 48.5 Å². The Morgan fingerprint density at radius 1 is 1.22 bits per heavy atom. The van der Waals surface area contributed by atoms with Crippen LogP contribution in [0.3, 0.4) is 0 Å². The number of nitrogens with zero attached hydrogens (tertiary/aromatic N) is 1. The predicted octanol–water partition coefficient (Wildman–Crippen LogP) is 2.74. The molecule has 1 N–H and O–H groups in total. The molecule has 1 aliphatic rings. The van der Waals surface area contributed by atoms with Crippen molar-refractivity contribution in [1.82, 2.24) is 4.90 Å². The summed E-state index contributed by atoms with van der Waals surface area (Å²) in [6.45, 7) is 3.70. The maximum atomic E-state index is 12.6. The van der Waals surface area contributed by atoms with Gasteiger partial charge in [-0.25, -0.2) is 0 Å². The number of rotatable bonds is 5. The summed E-state index contributed by atoms with van der Waals surface area (Å²) in [5.74, 6) is 0.588. The number of nitrogens with one attached hydrogen (secondary N) is 1. The van der Waals surface area contributed by atoms with Crippen LogP contribution in [0, 0.1) is 0 Å². The van der Waals surface area contributed by atoms with Crippen molar-refractivity contribution in [2.24, 2.45) is 0 Å². The van der Waals surface area contributed by atoms with Gasteiger partial charge in [-0.2, -0.15) is 0 Å². The van der Waals surface area contributed by atoms with Crippen molar-refractivity contribution in [1.29, 1.82) is 0 Å². The molecule has 1 unspecified atom stereocenters. The van der Waals surface area contributed by atoms with Gasteiger partial charge in [-0.15, -0.1) is 0 Å².